The van der Waals surface area contributed by atoms with Crippen molar-refractivity contribution in [2.75, 3.05) is 19.0 Å². The molecule has 1 N–H and O–H groups in total. The number of nitrogens with one attached hydrogen (secondary N) is 1. The molecule has 4 rings (SSSR count). The van der Waals surface area contributed by atoms with E-state index in [1.807, 2.05) is 30.3 Å². The first-order chi connectivity index (χ1) is 15.7. The Kier molecular flexibility index (Phi) is 6.29. The summed E-state index contributed by atoms with van der Waals surface area (Å²) in [6, 6.07) is 18.4. The Bertz CT molecular complexity index is 1290. The Labute approximate surface area is 197 Å². The van der Waals surface area contributed by atoms with Gasteiger partial charge >= 0.3 is 0 Å². The van der Waals surface area contributed by atoms with E-state index in [4.69, 9.17) is 25.5 Å². The third kappa shape index (κ3) is 5.29. The molecule has 4 aromatic rings. The molecule has 0 bridgehead atoms. The fourth-order valence-corrected chi connectivity index (χ4v) is 3.58. The van der Waals surface area contributed by atoms with Gasteiger partial charge in [-0.25, -0.2) is 4.98 Å². The number of hydrogen-bond donors (Lipinski definition) is 1. The maximum Gasteiger partial charge on any atom is 0.262 e. The molecule has 3 aromatic carbocycles. The summed E-state index contributed by atoms with van der Waals surface area (Å²) in [4.78, 5) is 16.9. The van der Waals surface area contributed by atoms with Gasteiger partial charge in [0.2, 0.25) is 5.89 Å². The number of ether oxygens (including phenoxy) is 2. The van der Waals surface area contributed by atoms with Crippen LogP contribution < -0.4 is 14.8 Å². The molecule has 1 heterocycles. The Morgan fingerprint density at radius 3 is 2.48 bits per heavy atom. The molecule has 0 spiro atoms. The second-order valence-corrected chi connectivity index (χ2v) is 9.07. The van der Waals surface area contributed by atoms with Crippen molar-refractivity contribution in [3.63, 3.8) is 0 Å². The average molecular weight is 465 g/mol. The number of carbonyl (C=O) groups is 1. The molecule has 0 saturated carbocycles. The molecular weight excluding hydrogens is 440 g/mol. The van der Waals surface area contributed by atoms with Crippen LogP contribution in [0.3, 0.4) is 0 Å². The SMILES string of the molecule is COc1ccc(-c2nc3cc(NC(=O)COc4ccc(C(C)(C)C)cc4)ccc3o2)cc1Cl. The first-order valence-electron chi connectivity index (χ1n) is 10.5. The first-order valence-corrected chi connectivity index (χ1v) is 10.9. The fraction of sp³-hybridized carbons (Fsp3) is 0.231. The minimum absolute atomic E-state index is 0.0647. The van der Waals surface area contributed by atoms with Crippen molar-refractivity contribution in [2.24, 2.45) is 0 Å². The van der Waals surface area contributed by atoms with Gasteiger partial charge in [0.15, 0.2) is 12.2 Å². The summed E-state index contributed by atoms with van der Waals surface area (Å²) in [6.07, 6.45) is 0. The van der Waals surface area contributed by atoms with Gasteiger partial charge in [-0.05, 0) is 59.5 Å². The van der Waals surface area contributed by atoms with Crippen molar-refractivity contribution in [3.8, 4) is 23.0 Å². The predicted molar refractivity (Wildman–Crippen MR) is 130 cm³/mol. The first kappa shape index (κ1) is 22.7. The Hall–Kier alpha value is -3.51. The summed E-state index contributed by atoms with van der Waals surface area (Å²) in [7, 11) is 1.56. The van der Waals surface area contributed by atoms with Crippen LogP contribution in [0.15, 0.2) is 65.1 Å². The zero-order valence-corrected chi connectivity index (χ0v) is 19.7. The van der Waals surface area contributed by atoms with Gasteiger partial charge < -0.3 is 19.2 Å². The summed E-state index contributed by atoms with van der Waals surface area (Å²) in [5, 5.41) is 3.30. The van der Waals surface area contributed by atoms with E-state index in [1.54, 1.807) is 37.4 Å². The lowest BCUT2D eigenvalue weighted by Gasteiger charge is -2.19. The minimum atomic E-state index is -0.264. The Morgan fingerprint density at radius 2 is 1.82 bits per heavy atom. The molecule has 0 aliphatic heterocycles. The highest BCUT2D eigenvalue weighted by Gasteiger charge is 2.14. The number of fused-ring (bicyclic) bond motifs is 1. The summed E-state index contributed by atoms with van der Waals surface area (Å²) in [6.45, 7) is 6.35. The van der Waals surface area contributed by atoms with Gasteiger partial charge in [-0.2, -0.15) is 0 Å². The number of rotatable bonds is 6. The van der Waals surface area contributed by atoms with E-state index in [9.17, 15) is 4.79 Å². The molecule has 1 amide bonds. The number of nitrogens with zero attached hydrogens (tertiary/aromatic N) is 1. The molecule has 6 nitrogen and oxygen atoms in total. The van der Waals surface area contributed by atoms with E-state index in [0.717, 1.165) is 5.56 Å². The maximum absolute atomic E-state index is 12.4. The number of methoxy groups -OCH3 is 1. The highest BCUT2D eigenvalue weighted by atomic mass is 35.5. The van der Waals surface area contributed by atoms with Gasteiger partial charge in [-0.1, -0.05) is 44.5 Å². The van der Waals surface area contributed by atoms with Gasteiger partial charge in [-0.3, -0.25) is 4.79 Å². The van der Waals surface area contributed by atoms with Crippen LogP contribution in [0.1, 0.15) is 26.3 Å². The van der Waals surface area contributed by atoms with Crippen molar-refractivity contribution in [3.05, 3.63) is 71.2 Å². The quantitative estimate of drug-likeness (QED) is 0.354. The number of carbonyl (C=O) groups excluding carboxylic acids is 1. The van der Waals surface area contributed by atoms with Crippen molar-refractivity contribution in [1.29, 1.82) is 0 Å². The van der Waals surface area contributed by atoms with Crippen LogP contribution in [0.5, 0.6) is 11.5 Å². The van der Waals surface area contributed by atoms with Crippen molar-refractivity contribution in [1.82, 2.24) is 4.98 Å². The average Bonchev–Trinajstić information content (AvgIpc) is 3.21. The monoisotopic (exact) mass is 464 g/mol. The largest absolute Gasteiger partial charge is 0.495 e. The van der Waals surface area contributed by atoms with Crippen LogP contribution >= 0.6 is 11.6 Å². The van der Waals surface area contributed by atoms with E-state index in [-0.39, 0.29) is 17.9 Å². The predicted octanol–water partition coefficient (Wildman–Crippen LogP) is 6.47. The van der Waals surface area contributed by atoms with Crippen molar-refractivity contribution >= 4 is 34.3 Å². The van der Waals surface area contributed by atoms with Crippen molar-refractivity contribution in [2.45, 2.75) is 26.2 Å². The molecule has 0 aliphatic carbocycles. The molecule has 0 unspecified atom stereocenters. The Morgan fingerprint density at radius 1 is 1.06 bits per heavy atom. The summed E-state index contributed by atoms with van der Waals surface area (Å²) in [5.74, 6) is 1.39. The van der Waals surface area contributed by atoms with Crippen LogP contribution in [0.4, 0.5) is 5.69 Å². The second-order valence-electron chi connectivity index (χ2n) is 8.66. The fourth-order valence-electron chi connectivity index (χ4n) is 3.33. The van der Waals surface area contributed by atoms with Crippen LogP contribution in [0.25, 0.3) is 22.6 Å². The Balaban J connectivity index is 1.41. The van der Waals surface area contributed by atoms with E-state index >= 15 is 0 Å². The van der Waals surface area contributed by atoms with Gasteiger partial charge in [0.05, 0.1) is 12.1 Å². The number of halogens is 1. The molecular formula is C26H25ClN2O4. The standard InChI is InChI=1S/C26H25ClN2O4/c1-26(2,3)17-6-9-19(10-7-17)32-15-24(30)28-18-8-12-23-21(14-18)29-25(33-23)16-5-11-22(31-4)20(27)13-16/h5-14H,15H2,1-4H3,(H,28,30). The van der Waals surface area contributed by atoms with E-state index in [0.29, 0.717) is 39.2 Å². The van der Waals surface area contributed by atoms with E-state index < -0.39 is 0 Å². The smallest absolute Gasteiger partial charge is 0.262 e. The van der Waals surface area contributed by atoms with E-state index in [1.165, 1.54) is 5.56 Å². The van der Waals surface area contributed by atoms with Crippen LogP contribution in [-0.2, 0) is 10.2 Å². The highest BCUT2D eigenvalue weighted by molar-refractivity contribution is 6.32. The summed E-state index contributed by atoms with van der Waals surface area (Å²) in [5.41, 5.74) is 3.82. The molecule has 0 aliphatic rings. The lowest BCUT2D eigenvalue weighted by Crippen LogP contribution is -2.20. The maximum atomic E-state index is 12.4. The second kappa shape index (κ2) is 9.16. The number of amides is 1. The van der Waals surface area contributed by atoms with Crippen LogP contribution in [0, 0.1) is 0 Å². The number of anilines is 1. The number of oxazole rings is 1. The molecule has 170 valence electrons. The topological polar surface area (TPSA) is 73.6 Å². The minimum Gasteiger partial charge on any atom is -0.495 e. The normalized spacial score (nSPS) is 11.4. The van der Waals surface area contributed by atoms with Gasteiger partial charge in [0.25, 0.3) is 5.91 Å². The van der Waals surface area contributed by atoms with Crippen LogP contribution in [-0.4, -0.2) is 24.6 Å². The molecule has 0 atom stereocenters. The summed E-state index contributed by atoms with van der Waals surface area (Å²) < 4.78 is 16.6. The van der Waals surface area contributed by atoms with E-state index in [2.05, 4.69) is 31.1 Å². The van der Waals surface area contributed by atoms with Crippen molar-refractivity contribution < 1.29 is 18.7 Å². The number of aromatic nitrogens is 1. The molecule has 0 radical (unpaired) electrons. The lowest BCUT2D eigenvalue weighted by atomic mass is 9.87. The lowest BCUT2D eigenvalue weighted by molar-refractivity contribution is -0.118. The third-order valence-corrected chi connectivity index (χ3v) is 5.46. The molecule has 0 saturated heterocycles. The molecule has 7 heteroatoms. The summed E-state index contributed by atoms with van der Waals surface area (Å²) >= 11 is 6.21. The third-order valence-electron chi connectivity index (χ3n) is 5.16. The molecule has 33 heavy (non-hydrogen) atoms. The highest BCUT2D eigenvalue weighted by Crippen LogP contribution is 2.32. The van der Waals surface area contributed by atoms with Crippen LogP contribution in [0.2, 0.25) is 5.02 Å². The van der Waals surface area contributed by atoms with Gasteiger partial charge in [0, 0.05) is 11.3 Å². The van der Waals surface area contributed by atoms with Gasteiger partial charge in [-0.15, -0.1) is 0 Å². The number of benzene rings is 3. The van der Waals surface area contributed by atoms with Gasteiger partial charge in [0.1, 0.15) is 17.0 Å². The molecule has 0 fully saturated rings. The number of hydrogen-bond acceptors (Lipinski definition) is 5. The zero-order valence-electron chi connectivity index (χ0n) is 18.9. The molecule has 1 aromatic heterocycles. The zero-order chi connectivity index (χ0) is 23.6.